The molecule has 4 heavy (non-hydrogen) atoms. The van der Waals surface area contributed by atoms with E-state index in [1.54, 1.807) is 0 Å². The molecule has 0 spiro atoms. The van der Waals surface area contributed by atoms with Crippen LogP contribution in [0.1, 0.15) is 6.92 Å². The lowest BCUT2D eigenvalue weighted by Crippen LogP contribution is -1.45. The molecule has 0 heterocycles. The highest BCUT2D eigenvalue weighted by Crippen LogP contribution is 1.98. The van der Waals surface area contributed by atoms with E-state index in [0.29, 0.717) is 0 Å². The molecular formula is C2H6PS-. The van der Waals surface area contributed by atoms with Gasteiger partial charge in [0.2, 0.25) is 0 Å². The van der Waals surface area contributed by atoms with Crippen molar-refractivity contribution >= 4 is 20.0 Å². The quantitative estimate of drug-likeness (QED) is 0.346. The average Bonchev–Trinajstić information content (AvgIpc) is 1.37. The maximum Gasteiger partial charge on any atom is -0.0605 e. The van der Waals surface area contributed by atoms with E-state index in [1.165, 1.54) is 0 Å². The van der Waals surface area contributed by atoms with Gasteiger partial charge in [0, 0.05) is 0 Å². The molecule has 0 saturated heterocycles. The van der Waals surface area contributed by atoms with Gasteiger partial charge in [0.05, 0.1) is 0 Å². The number of hydrogen-bond acceptors (Lipinski definition) is 1. The van der Waals surface area contributed by atoms with Crippen molar-refractivity contribution in [1.82, 2.24) is 0 Å². The topological polar surface area (TPSA) is 0 Å². The fourth-order valence-corrected chi connectivity index (χ4v) is 0. The fraction of sp³-hybridized carbons (Fsp3) is 1.00. The highest BCUT2D eigenvalue weighted by molar-refractivity contribution is 8.24. The van der Waals surface area contributed by atoms with E-state index in [4.69, 9.17) is 0 Å². The standard InChI is InChI=1S/C2H6PS/c1-2-3-4/h3H,2H2,1H3/q-1. The molecule has 0 saturated carbocycles. The lowest BCUT2D eigenvalue weighted by molar-refractivity contribution is 1.53. The third-order valence-corrected chi connectivity index (χ3v) is 1.30. The Morgan fingerprint density at radius 3 is 2.25 bits per heavy atom. The van der Waals surface area contributed by atoms with Gasteiger partial charge in [0.25, 0.3) is 0 Å². The van der Waals surface area contributed by atoms with Gasteiger partial charge in [-0.05, 0) is 0 Å². The zero-order valence-corrected chi connectivity index (χ0v) is 4.43. The van der Waals surface area contributed by atoms with E-state index < -0.39 is 0 Å². The molecule has 0 aromatic heterocycles. The van der Waals surface area contributed by atoms with Crippen molar-refractivity contribution in [1.29, 1.82) is 0 Å². The van der Waals surface area contributed by atoms with E-state index in [9.17, 15) is 0 Å². The minimum atomic E-state index is 0.724. The molecule has 0 aromatic rings. The third-order valence-electron chi connectivity index (χ3n) is 0.144. The monoisotopic (exact) mass is 93.0 g/mol. The lowest BCUT2D eigenvalue weighted by atomic mass is 11.0. The maximum absolute atomic E-state index is 4.58. The van der Waals surface area contributed by atoms with Gasteiger partial charge in [-0.15, -0.1) is 0 Å². The Morgan fingerprint density at radius 1 is 2.00 bits per heavy atom. The summed E-state index contributed by atoms with van der Waals surface area (Å²) in [4.78, 5) is 0. The average molecular weight is 93.1 g/mol. The predicted octanol–water partition coefficient (Wildman–Crippen LogP) is 1.15. The van der Waals surface area contributed by atoms with Crippen LogP contribution in [0.25, 0.3) is 0 Å². The van der Waals surface area contributed by atoms with Crippen molar-refractivity contribution in [2.24, 2.45) is 0 Å². The van der Waals surface area contributed by atoms with Crippen LogP contribution in [0.3, 0.4) is 0 Å². The molecule has 0 N–H and O–H groups in total. The van der Waals surface area contributed by atoms with Crippen molar-refractivity contribution in [3.05, 3.63) is 0 Å². The first kappa shape index (κ1) is 4.78. The van der Waals surface area contributed by atoms with Crippen molar-refractivity contribution in [2.75, 3.05) is 6.16 Å². The summed E-state index contributed by atoms with van der Waals surface area (Å²) in [6, 6.07) is 0. The predicted molar refractivity (Wildman–Crippen MR) is 26.2 cm³/mol. The van der Waals surface area contributed by atoms with Crippen molar-refractivity contribution in [3.63, 3.8) is 0 Å². The summed E-state index contributed by atoms with van der Waals surface area (Å²) in [7, 11) is 0.724. The Morgan fingerprint density at radius 2 is 2.25 bits per heavy atom. The van der Waals surface area contributed by atoms with E-state index in [1.807, 2.05) is 0 Å². The van der Waals surface area contributed by atoms with Gasteiger partial charge in [-0.25, -0.2) is 0 Å². The molecule has 0 fully saturated rings. The fourth-order valence-electron chi connectivity index (χ4n) is 0. The van der Waals surface area contributed by atoms with Gasteiger partial charge in [-0.3, -0.25) is 7.78 Å². The van der Waals surface area contributed by atoms with E-state index >= 15 is 0 Å². The summed E-state index contributed by atoms with van der Waals surface area (Å²) in [5, 5.41) is 0. The van der Waals surface area contributed by atoms with Crippen LogP contribution in [-0.2, 0) is 12.2 Å². The lowest BCUT2D eigenvalue weighted by Gasteiger charge is -1.91. The largest absolute Gasteiger partial charge is 0.762 e. The van der Waals surface area contributed by atoms with E-state index in [-0.39, 0.29) is 0 Å². The molecule has 1 unspecified atom stereocenters. The zero-order valence-electron chi connectivity index (χ0n) is 2.62. The summed E-state index contributed by atoms with van der Waals surface area (Å²) < 4.78 is 0. The van der Waals surface area contributed by atoms with Crippen LogP contribution < -0.4 is 0 Å². The van der Waals surface area contributed by atoms with Gasteiger partial charge < -0.3 is 12.2 Å². The van der Waals surface area contributed by atoms with Crippen LogP contribution >= 0.6 is 7.78 Å². The Bertz CT molecular complexity index is 8.00. The molecule has 0 aromatic carbocycles. The zero-order chi connectivity index (χ0) is 3.41. The SMILES string of the molecule is CCP[S-]. The molecule has 0 aliphatic rings. The van der Waals surface area contributed by atoms with Crippen LogP contribution in [0.5, 0.6) is 0 Å². The number of hydrogen-bond donors (Lipinski definition) is 0. The molecule has 26 valence electrons. The molecule has 1 atom stereocenters. The van der Waals surface area contributed by atoms with E-state index in [2.05, 4.69) is 19.2 Å². The smallest absolute Gasteiger partial charge is 0.0605 e. The molecule has 0 rings (SSSR count). The molecule has 0 nitrogen and oxygen atoms in total. The first-order valence-corrected chi connectivity index (χ1v) is 3.60. The molecule has 0 amide bonds. The third kappa shape index (κ3) is 2.78. The first-order chi connectivity index (χ1) is 1.91. The van der Waals surface area contributed by atoms with Crippen LogP contribution in [0.4, 0.5) is 0 Å². The Hall–Kier alpha value is 0.780. The van der Waals surface area contributed by atoms with E-state index in [0.717, 1.165) is 13.9 Å². The Balaban J connectivity index is 1.97. The van der Waals surface area contributed by atoms with Gasteiger partial charge in [0.15, 0.2) is 0 Å². The summed E-state index contributed by atoms with van der Waals surface area (Å²) in [5.41, 5.74) is 0. The second-order valence-electron chi connectivity index (χ2n) is 0.498. The molecule has 2 heteroatoms. The van der Waals surface area contributed by atoms with Crippen LogP contribution in [0.2, 0.25) is 0 Å². The van der Waals surface area contributed by atoms with Gasteiger partial charge >= 0.3 is 0 Å². The van der Waals surface area contributed by atoms with Crippen molar-refractivity contribution in [2.45, 2.75) is 6.92 Å². The van der Waals surface area contributed by atoms with Gasteiger partial charge in [-0.2, -0.15) is 0 Å². The molecule has 0 bridgehead atoms. The second kappa shape index (κ2) is 3.78. The van der Waals surface area contributed by atoms with Crippen LogP contribution in [-0.4, -0.2) is 6.16 Å². The minimum absolute atomic E-state index is 0.724. The molecule has 0 radical (unpaired) electrons. The van der Waals surface area contributed by atoms with Crippen LogP contribution in [0.15, 0.2) is 0 Å². The van der Waals surface area contributed by atoms with Crippen molar-refractivity contribution in [3.8, 4) is 0 Å². The summed E-state index contributed by atoms with van der Waals surface area (Å²) in [6.07, 6.45) is 1.16. The van der Waals surface area contributed by atoms with Crippen molar-refractivity contribution < 1.29 is 0 Å². The molecule has 0 aliphatic heterocycles. The highest BCUT2D eigenvalue weighted by Gasteiger charge is 1.42. The Labute approximate surface area is 33.9 Å². The van der Waals surface area contributed by atoms with Gasteiger partial charge in [-0.1, -0.05) is 13.1 Å². The maximum atomic E-state index is 4.58. The first-order valence-electron chi connectivity index (χ1n) is 1.26. The van der Waals surface area contributed by atoms with Gasteiger partial charge in [0.1, 0.15) is 0 Å². The Kier molecular flexibility index (Phi) is 4.52. The second-order valence-corrected chi connectivity index (χ2v) is 2.36. The summed E-state index contributed by atoms with van der Waals surface area (Å²) in [6.45, 7) is 2.09. The summed E-state index contributed by atoms with van der Waals surface area (Å²) >= 11 is 4.58. The number of rotatable bonds is 1. The molecular weight excluding hydrogens is 87.1 g/mol. The molecule has 0 aliphatic carbocycles. The minimum Gasteiger partial charge on any atom is -0.762 e. The summed E-state index contributed by atoms with van der Waals surface area (Å²) in [5.74, 6) is 0. The van der Waals surface area contributed by atoms with Crippen LogP contribution in [0, 0.1) is 0 Å². The highest BCUT2D eigenvalue weighted by atomic mass is 32.7. The normalized spacial score (nSPS) is 10.5.